The molecule has 0 radical (unpaired) electrons. The average Bonchev–Trinajstić information content (AvgIpc) is 2.55. The van der Waals surface area contributed by atoms with Crippen LogP contribution in [0.25, 0.3) is 0 Å². The van der Waals surface area contributed by atoms with Gasteiger partial charge in [-0.2, -0.15) is 0 Å². The van der Waals surface area contributed by atoms with Crippen LogP contribution in [0.3, 0.4) is 0 Å². The van der Waals surface area contributed by atoms with Crippen LogP contribution in [0.1, 0.15) is 31.9 Å². The van der Waals surface area contributed by atoms with Crippen LogP contribution >= 0.6 is 24.8 Å². The molecule has 0 amide bonds. The molecule has 6 heteroatoms. The third-order valence-electron chi connectivity index (χ3n) is 4.48. The van der Waals surface area contributed by atoms with Gasteiger partial charge >= 0.3 is 0 Å². The van der Waals surface area contributed by atoms with Crippen molar-refractivity contribution in [1.29, 1.82) is 0 Å². The highest BCUT2D eigenvalue weighted by Gasteiger charge is 2.29. The Hall–Kier alpha value is -0.680. The number of methoxy groups -OCH3 is 2. The van der Waals surface area contributed by atoms with Gasteiger partial charge < -0.3 is 14.8 Å². The van der Waals surface area contributed by atoms with E-state index < -0.39 is 0 Å². The maximum Gasteiger partial charge on any atom is 0.165 e. The molecule has 1 heterocycles. The fourth-order valence-electron chi connectivity index (χ4n) is 3.19. The van der Waals surface area contributed by atoms with Gasteiger partial charge in [0.1, 0.15) is 0 Å². The Labute approximate surface area is 152 Å². The van der Waals surface area contributed by atoms with Crippen molar-refractivity contribution in [3.8, 4) is 11.5 Å². The Morgan fingerprint density at radius 3 is 2.30 bits per heavy atom. The summed E-state index contributed by atoms with van der Waals surface area (Å²) in [6.45, 7) is 8.85. The van der Waals surface area contributed by atoms with Crippen molar-refractivity contribution in [3.63, 3.8) is 0 Å². The molecule has 1 fully saturated rings. The van der Waals surface area contributed by atoms with E-state index in [0.29, 0.717) is 12.0 Å². The molecule has 1 aromatic rings. The van der Waals surface area contributed by atoms with Crippen LogP contribution in [0.15, 0.2) is 18.2 Å². The predicted octanol–water partition coefficient (Wildman–Crippen LogP) is 3.54. The smallest absolute Gasteiger partial charge is 0.165 e. The summed E-state index contributed by atoms with van der Waals surface area (Å²) in [4.78, 5) is 2.57. The minimum Gasteiger partial charge on any atom is -0.493 e. The molecule has 4 nitrogen and oxygen atoms in total. The van der Waals surface area contributed by atoms with Gasteiger partial charge in [0.05, 0.1) is 14.2 Å². The first-order chi connectivity index (χ1) is 10.2. The zero-order valence-electron chi connectivity index (χ0n) is 14.5. The Morgan fingerprint density at radius 1 is 1.13 bits per heavy atom. The Balaban J connectivity index is 0.00000242. The summed E-state index contributed by atoms with van der Waals surface area (Å²) in [5.41, 5.74) is 1.24. The molecule has 134 valence electrons. The zero-order valence-corrected chi connectivity index (χ0v) is 16.1. The normalized spacial score (nSPS) is 17.4. The maximum absolute atomic E-state index is 5.67. The molecule has 1 aliphatic rings. The molecule has 0 spiro atoms. The van der Waals surface area contributed by atoms with Crippen LogP contribution in [0.4, 0.5) is 0 Å². The van der Waals surface area contributed by atoms with Crippen molar-refractivity contribution in [2.75, 3.05) is 40.4 Å². The molecule has 23 heavy (non-hydrogen) atoms. The lowest BCUT2D eigenvalue weighted by Gasteiger charge is -2.39. The molecule has 1 aliphatic heterocycles. The van der Waals surface area contributed by atoms with Crippen LogP contribution in [0.2, 0.25) is 0 Å². The van der Waals surface area contributed by atoms with Gasteiger partial charge in [-0.05, 0) is 12.0 Å². The molecule has 1 N–H and O–H groups in total. The Morgan fingerprint density at radius 2 is 1.78 bits per heavy atom. The second kappa shape index (κ2) is 11.0. The van der Waals surface area contributed by atoms with E-state index in [1.165, 1.54) is 5.56 Å². The summed E-state index contributed by atoms with van der Waals surface area (Å²) < 4.78 is 11.1. The third-order valence-corrected chi connectivity index (χ3v) is 4.48. The SMILES string of the molecule is CCC(C)[C@@H](c1cccc(OC)c1OC)N1CCNCC1.Cl.Cl. The quantitative estimate of drug-likeness (QED) is 0.836. The fraction of sp³-hybridized carbons (Fsp3) is 0.647. The summed E-state index contributed by atoms with van der Waals surface area (Å²) in [5, 5.41) is 3.43. The molecule has 2 atom stereocenters. The van der Waals surface area contributed by atoms with Crippen molar-refractivity contribution in [1.82, 2.24) is 10.2 Å². The van der Waals surface area contributed by atoms with Gasteiger partial charge in [-0.3, -0.25) is 4.90 Å². The maximum atomic E-state index is 5.67. The van der Waals surface area contributed by atoms with Gasteiger partial charge in [0.25, 0.3) is 0 Å². The minimum absolute atomic E-state index is 0. The van der Waals surface area contributed by atoms with Gasteiger partial charge in [0.15, 0.2) is 11.5 Å². The first-order valence-corrected chi connectivity index (χ1v) is 7.88. The number of nitrogens with one attached hydrogen (secondary N) is 1. The number of ether oxygens (including phenoxy) is 2. The van der Waals surface area contributed by atoms with E-state index in [0.717, 1.165) is 44.1 Å². The molecule has 1 saturated heterocycles. The van der Waals surface area contributed by atoms with Crippen LogP contribution in [-0.4, -0.2) is 45.3 Å². The minimum atomic E-state index is 0. The Kier molecular flexibility index (Phi) is 10.7. The fourth-order valence-corrected chi connectivity index (χ4v) is 3.19. The summed E-state index contributed by atoms with van der Waals surface area (Å²) in [5.74, 6) is 2.27. The molecule has 0 saturated carbocycles. The number of nitrogens with zero attached hydrogens (tertiary/aromatic N) is 1. The lowest BCUT2D eigenvalue weighted by Crippen LogP contribution is -2.46. The predicted molar refractivity (Wildman–Crippen MR) is 101 cm³/mol. The van der Waals surface area contributed by atoms with Gasteiger partial charge in [0.2, 0.25) is 0 Å². The number of para-hydroxylation sites is 1. The number of rotatable bonds is 6. The van der Waals surface area contributed by atoms with E-state index in [1.54, 1.807) is 14.2 Å². The van der Waals surface area contributed by atoms with E-state index in [1.807, 2.05) is 6.07 Å². The standard InChI is InChI=1S/C17H28N2O2.2ClH/c1-5-13(2)16(19-11-9-18-10-12-19)14-7-6-8-15(20-3)17(14)21-4;;/h6-8,13,16,18H,5,9-12H2,1-4H3;2*1H/t13?,16-;;/m0../s1. The van der Waals surface area contributed by atoms with Crippen molar-refractivity contribution in [2.45, 2.75) is 26.3 Å². The van der Waals surface area contributed by atoms with Crippen LogP contribution < -0.4 is 14.8 Å². The number of hydrogen-bond acceptors (Lipinski definition) is 4. The molecule has 2 rings (SSSR count). The van der Waals surface area contributed by atoms with Crippen molar-refractivity contribution >= 4 is 24.8 Å². The van der Waals surface area contributed by atoms with E-state index >= 15 is 0 Å². The highest BCUT2D eigenvalue weighted by Crippen LogP contribution is 2.41. The summed E-state index contributed by atoms with van der Waals surface area (Å²) in [7, 11) is 3.43. The van der Waals surface area contributed by atoms with Crippen LogP contribution in [0, 0.1) is 5.92 Å². The monoisotopic (exact) mass is 364 g/mol. The molecule has 0 aliphatic carbocycles. The number of piperazine rings is 1. The van der Waals surface area contributed by atoms with Crippen molar-refractivity contribution in [2.24, 2.45) is 5.92 Å². The summed E-state index contributed by atoms with van der Waals surface area (Å²) >= 11 is 0. The molecule has 0 bridgehead atoms. The summed E-state index contributed by atoms with van der Waals surface area (Å²) in [6.07, 6.45) is 1.15. The summed E-state index contributed by atoms with van der Waals surface area (Å²) in [6, 6.07) is 6.59. The number of benzene rings is 1. The van der Waals surface area contributed by atoms with E-state index in [-0.39, 0.29) is 24.8 Å². The highest BCUT2D eigenvalue weighted by molar-refractivity contribution is 5.85. The lowest BCUT2D eigenvalue weighted by atomic mass is 9.89. The van der Waals surface area contributed by atoms with E-state index in [2.05, 4.69) is 36.2 Å². The zero-order chi connectivity index (χ0) is 15.2. The van der Waals surface area contributed by atoms with Gasteiger partial charge in [-0.1, -0.05) is 32.4 Å². The average molecular weight is 365 g/mol. The van der Waals surface area contributed by atoms with Crippen molar-refractivity contribution in [3.05, 3.63) is 23.8 Å². The van der Waals surface area contributed by atoms with E-state index in [9.17, 15) is 0 Å². The number of halogens is 2. The molecule has 1 aromatic carbocycles. The van der Waals surface area contributed by atoms with Gasteiger partial charge in [-0.25, -0.2) is 0 Å². The third kappa shape index (κ3) is 5.15. The number of hydrogen-bond donors (Lipinski definition) is 1. The van der Waals surface area contributed by atoms with Crippen molar-refractivity contribution < 1.29 is 9.47 Å². The van der Waals surface area contributed by atoms with Gasteiger partial charge in [0, 0.05) is 37.8 Å². The Bertz CT molecular complexity index is 454. The first-order valence-electron chi connectivity index (χ1n) is 7.88. The second-order valence-electron chi connectivity index (χ2n) is 5.70. The first kappa shape index (κ1) is 22.3. The van der Waals surface area contributed by atoms with Crippen LogP contribution in [-0.2, 0) is 0 Å². The molecule has 1 unspecified atom stereocenters. The lowest BCUT2D eigenvalue weighted by molar-refractivity contribution is 0.125. The molecule has 0 aromatic heterocycles. The molecular formula is C17H30Cl2N2O2. The van der Waals surface area contributed by atoms with E-state index in [4.69, 9.17) is 9.47 Å². The second-order valence-corrected chi connectivity index (χ2v) is 5.70. The van der Waals surface area contributed by atoms with Gasteiger partial charge in [-0.15, -0.1) is 24.8 Å². The largest absolute Gasteiger partial charge is 0.493 e. The highest BCUT2D eigenvalue weighted by atomic mass is 35.5. The molecular weight excluding hydrogens is 335 g/mol. The van der Waals surface area contributed by atoms with Crippen LogP contribution in [0.5, 0.6) is 11.5 Å². The topological polar surface area (TPSA) is 33.7 Å².